The number of nitrogens with one attached hydrogen (secondary N) is 1. The molecule has 0 bridgehead atoms. The summed E-state index contributed by atoms with van der Waals surface area (Å²) < 4.78 is 1.99. The minimum atomic E-state index is -0.0791. The van der Waals surface area contributed by atoms with Gasteiger partial charge in [-0.1, -0.05) is 24.3 Å². The lowest BCUT2D eigenvalue weighted by Crippen LogP contribution is -2.16. The van der Waals surface area contributed by atoms with Gasteiger partial charge in [-0.15, -0.1) is 0 Å². The summed E-state index contributed by atoms with van der Waals surface area (Å²) >= 11 is 0. The second kappa shape index (κ2) is 6.02. The second-order valence-corrected chi connectivity index (χ2v) is 6.13. The fraction of sp³-hybridized carbons (Fsp3) is 0.150. The van der Waals surface area contributed by atoms with Gasteiger partial charge < -0.3 is 9.72 Å². The standard InChI is InChI=1S/C20H18N4O/c1-13-6-5-11-24-17(14(2)22-20(13)24)12-18(25)23-16-9-3-7-15-8-4-10-21-19(15)16/h3-11H,12H2,1-2H3,(H,23,25). The van der Waals surface area contributed by atoms with Crippen LogP contribution in [0.2, 0.25) is 0 Å². The SMILES string of the molecule is Cc1nc2c(C)cccn2c1CC(=O)Nc1cccc2cccnc12. The van der Waals surface area contributed by atoms with E-state index in [0.717, 1.165) is 39.2 Å². The zero-order valence-corrected chi connectivity index (χ0v) is 14.2. The van der Waals surface area contributed by atoms with Crippen LogP contribution in [0.5, 0.6) is 0 Å². The first-order valence-electron chi connectivity index (χ1n) is 8.20. The lowest BCUT2D eigenvalue weighted by atomic mass is 10.2. The minimum Gasteiger partial charge on any atom is -0.324 e. The summed E-state index contributed by atoms with van der Waals surface area (Å²) in [5.41, 5.74) is 5.30. The van der Waals surface area contributed by atoms with Gasteiger partial charge in [-0.25, -0.2) is 4.98 Å². The van der Waals surface area contributed by atoms with E-state index in [2.05, 4.69) is 15.3 Å². The first kappa shape index (κ1) is 15.3. The van der Waals surface area contributed by atoms with Crippen molar-refractivity contribution in [3.8, 4) is 0 Å². The molecule has 25 heavy (non-hydrogen) atoms. The Hall–Kier alpha value is -3.21. The number of benzene rings is 1. The highest BCUT2D eigenvalue weighted by atomic mass is 16.1. The van der Waals surface area contributed by atoms with E-state index >= 15 is 0 Å². The van der Waals surface area contributed by atoms with Crippen LogP contribution < -0.4 is 5.32 Å². The van der Waals surface area contributed by atoms with E-state index in [1.54, 1.807) is 6.20 Å². The molecule has 1 amide bonds. The molecule has 3 aromatic heterocycles. The molecule has 0 unspecified atom stereocenters. The third-order valence-corrected chi connectivity index (χ3v) is 4.38. The number of pyridine rings is 2. The molecule has 1 aromatic carbocycles. The first-order valence-corrected chi connectivity index (χ1v) is 8.20. The summed E-state index contributed by atoms with van der Waals surface area (Å²) in [6, 6.07) is 13.6. The van der Waals surface area contributed by atoms with Gasteiger partial charge in [0.15, 0.2) is 0 Å². The number of fused-ring (bicyclic) bond motifs is 2. The lowest BCUT2D eigenvalue weighted by molar-refractivity contribution is -0.115. The molecule has 0 saturated carbocycles. The van der Waals surface area contributed by atoms with Crippen molar-refractivity contribution in [2.75, 3.05) is 5.32 Å². The summed E-state index contributed by atoms with van der Waals surface area (Å²) in [4.78, 5) is 21.6. The van der Waals surface area contributed by atoms with Gasteiger partial charge in [0, 0.05) is 17.8 Å². The molecule has 0 aliphatic carbocycles. The smallest absolute Gasteiger partial charge is 0.230 e. The van der Waals surface area contributed by atoms with Crippen molar-refractivity contribution in [2.24, 2.45) is 0 Å². The molecule has 4 rings (SSSR count). The normalized spacial score (nSPS) is 11.1. The third-order valence-electron chi connectivity index (χ3n) is 4.38. The van der Waals surface area contributed by atoms with Crippen LogP contribution in [0, 0.1) is 13.8 Å². The maximum absolute atomic E-state index is 12.6. The summed E-state index contributed by atoms with van der Waals surface area (Å²) in [5.74, 6) is -0.0791. The van der Waals surface area contributed by atoms with Gasteiger partial charge in [0.2, 0.25) is 5.91 Å². The average Bonchev–Trinajstić information content (AvgIpc) is 2.93. The fourth-order valence-corrected chi connectivity index (χ4v) is 3.13. The molecule has 0 atom stereocenters. The number of nitrogens with zero attached hydrogens (tertiary/aromatic N) is 3. The Kier molecular flexibility index (Phi) is 3.69. The van der Waals surface area contributed by atoms with E-state index in [4.69, 9.17) is 0 Å². The van der Waals surface area contributed by atoms with Gasteiger partial charge >= 0.3 is 0 Å². The van der Waals surface area contributed by atoms with E-state index in [1.165, 1.54) is 0 Å². The summed E-state index contributed by atoms with van der Waals surface area (Å²) in [7, 11) is 0. The molecular weight excluding hydrogens is 312 g/mol. The molecule has 4 aromatic rings. The minimum absolute atomic E-state index is 0.0791. The van der Waals surface area contributed by atoms with Crippen LogP contribution in [0.25, 0.3) is 16.6 Å². The van der Waals surface area contributed by atoms with E-state index in [0.29, 0.717) is 0 Å². The fourth-order valence-electron chi connectivity index (χ4n) is 3.13. The Morgan fingerprint density at radius 1 is 1.12 bits per heavy atom. The molecule has 0 spiro atoms. The summed E-state index contributed by atoms with van der Waals surface area (Å²) in [6.07, 6.45) is 3.94. The van der Waals surface area contributed by atoms with Crippen molar-refractivity contribution in [1.29, 1.82) is 0 Å². The zero-order chi connectivity index (χ0) is 17.4. The van der Waals surface area contributed by atoms with Crippen LogP contribution in [0.4, 0.5) is 5.69 Å². The van der Waals surface area contributed by atoms with Crippen LogP contribution >= 0.6 is 0 Å². The molecular formula is C20H18N4O. The number of aromatic nitrogens is 3. The van der Waals surface area contributed by atoms with Gasteiger partial charge in [0.1, 0.15) is 5.65 Å². The number of hydrogen-bond donors (Lipinski definition) is 1. The van der Waals surface area contributed by atoms with Crippen LogP contribution in [0.1, 0.15) is 17.0 Å². The Morgan fingerprint density at radius 2 is 1.96 bits per heavy atom. The zero-order valence-electron chi connectivity index (χ0n) is 14.2. The van der Waals surface area contributed by atoms with Crippen molar-refractivity contribution in [3.05, 3.63) is 71.8 Å². The van der Waals surface area contributed by atoms with Gasteiger partial charge in [-0.2, -0.15) is 0 Å². The molecule has 1 N–H and O–H groups in total. The maximum Gasteiger partial charge on any atom is 0.230 e. The van der Waals surface area contributed by atoms with Crippen molar-refractivity contribution < 1.29 is 4.79 Å². The highest BCUT2D eigenvalue weighted by molar-refractivity contribution is 6.00. The quantitative estimate of drug-likeness (QED) is 0.623. The van der Waals surface area contributed by atoms with Gasteiger partial charge in [0.25, 0.3) is 0 Å². The van der Waals surface area contributed by atoms with Crippen LogP contribution in [-0.2, 0) is 11.2 Å². The first-order chi connectivity index (χ1) is 12.1. The number of rotatable bonds is 3. The predicted octanol–water partition coefficient (Wildman–Crippen LogP) is 3.68. The van der Waals surface area contributed by atoms with Gasteiger partial charge in [-0.05, 0) is 37.6 Å². The highest BCUT2D eigenvalue weighted by Crippen LogP contribution is 2.21. The van der Waals surface area contributed by atoms with Gasteiger partial charge in [-0.3, -0.25) is 9.78 Å². The van der Waals surface area contributed by atoms with E-state index < -0.39 is 0 Å². The van der Waals surface area contributed by atoms with Crippen LogP contribution in [-0.4, -0.2) is 20.3 Å². The number of aryl methyl sites for hydroxylation is 2. The number of para-hydroxylation sites is 1. The molecule has 0 radical (unpaired) electrons. The number of hydrogen-bond acceptors (Lipinski definition) is 3. The molecule has 0 aliphatic rings. The average molecular weight is 330 g/mol. The van der Waals surface area contributed by atoms with E-state index in [-0.39, 0.29) is 12.3 Å². The predicted molar refractivity (Wildman–Crippen MR) is 98.7 cm³/mol. The largest absolute Gasteiger partial charge is 0.324 e. The van der Waals surface area contributed by atoms with E-state index in [9.17, 15) is 4.79 Å². The van der Waals surface area contributed by atoms with Crippen molar-refractivity contribution in [2.45, 2.75) is 20.3 Å². The molecule has 0 fully saturated rings. The molecule has 0 aliphatic heterocycles. The van der Waals surface area contributed by atoms with Crippen LogP contribution in [0.3, 0.4) is 0 Å². The molecule has 124 valence electrons. The monoisotopic (exact) mass is 330 g/mol. The lowest BCUT2D eigenvalue weighted by Gasteiger charge is -2.08. The number of carbonyl (C=O) groups excluding carboxylic acids is 1. The maximum atomic E-state index is 12.6. The Bertz CT molecular complexity index is 1090. The third kappa shape index (κ3) is 2.74. The number of anilines is 1. The summed E-state index contributed by atoms with van der Waals surface area (Å²) in [6.45, 7) is 3.96. The Labute approximate surface area is 145 Å². The van der Waals surface area contributed by atoms with Crippen molar-refractivity contribution >= 4 is 28.1 Å². The van der Waals surface area contributed by atoms with Crippen molar-refractivity contribution in [3.63, 3.8) is 0 Å². The second-order valence-electron chi connectivity index (χ2n) is 6.13. The molecule has 5 nitrogen and oxygen atoms in total. The number of amides is 1. The molecule has 0 saturated heterocycles. The highest BCUT2D eigenvalue weighted by Gasteiger charge is 2.14. The Morgan fingerprint density at radius 3 is 2.84 bits per heavy atom. The Balaban J connectivity index is 1.65. The van der Waals surface area contributed by atoms with Crippen LogP contribution in [0.15, 0.2) is 54.9 Å². The molecule has 5 heteroatoms. The summed E-state index contributed by atoms with van der Waals surface area (Å²) in [5, 5.41) is 3.99. The van der Waals surface area contributed by atoms with Crippen molar-refractivity contribution in [1.82, 2.24) is 14.4 Å². The number of imidazole rings is 1. The van der Waals surface area contributed by atoms with Gasteiger partial charge in [0.05, 0.1) is 29.0 Å². The molecule has 3 heterocycles. The topological polar surface area (TPSA) is 59.3 Å². The number of carbonyl (C=O) groups is 1. The van der Waals surface area contributed by atoms with E-state index in [1.807, 2.05) is 66.9 Å².